The fourth-order valence-electron chi connectivity index (χ4n) is 3.62. The molecule has 0 radical (unpaired) electrons. The lowest BCUT2D eigenvalue weighted by Crippen LogP contribution is -2.34. The van der Waals surface area contributed by atoms with Crippen LogP contribution in [0.15, 0.2) is 71.2 Å². The zero-order valence-corrected chi connectivity index (χ0v) is 17.2. The topological polar surface area (TPSA) is 41.6 Å². The lowest BCUT2D eigenvalue weighted by molar-refractivity contribution is -0.123. The second-order valence-electron chi connectivity index (χ2n) is 7.18. The first kappa shape index (κ1) is 18.8. The summed E-state index contributed by atoms with van der Waals surface area (Å²) in [5.74, 6) is 1.10. The van der Waals surface area contributed by atoms with E-state index in [2.05, 4.69) is 50.4 Å². The van der Waals surface area contributed by atoms with Crippen LogP contribution < -0.4 is 15.0 Å². The van der Waals surface area contributed by atoms with E-state index in [-0.39, 0.29) is 12.5 Å². The maximum Gasteiger partial charge on any atom is 0.257 e. The Morgan fingerprint density at radius 3 is 2.79 bits per heavy atom. The summed E-state index contributed by atoms with van der Waals surface area (Å²) in [6.45, 7) is 2.71. The van der Waals surface area contributed by atoms with Crippen LogP contribution in [0, 0.1) is 5.92 Å². The van der Waals surface area contributed by atoms with Crippen molar-refractivity contribution in [1.29, 1.82) is 0 Å². The van der Waals surface area contributed by atoms with E-state index in [9.17, 15) is 4.79 Å². The highest BCUT2D eigenvalue weighted by Crippen LogP contribution is 2.26. The van der Waals surface area contributed by atoms with Gasteiger partial charge >= 0.3 is 0 Å². The van der Waals surface area contributed by atoms with Crippen LogP contribution in [0.4, 0.5) is 5.69 Å². The Labute approximate surface area is 173 Å². The number of nitrogens with zero attached hydrogens (tertiary/aromatic N) is 1. The largest absolute Gasteiger partial charge is 0.484 e. The minimum absolute atomic E-state index is 0.0421. The van der Waals surface area contributed by atoms with Gasteiger partial charge in [0.1, 0.15) is 5.75 Å². The van der Waals surface area contributed by atoms with Crippen molar-refractivity contribution in [2.45, 2.75) is 6.42 Å². The van der Waals surface area contributed by atoms with E-state index >= 15 is 0 Å². The van der Waals surface area contributed by atoms with Crippen LogP contribution in [-0.2, 0) is 4.79 Å². The van der Waals surface area contributed by atoms with Crippen LogP contribution in [0.3, 0.4) is 0 Å². The minimum Gasteiger partial charge on any atom is -0.484 e. The first-order valence-corrected chi connectivity index (χ1v) is 10.4. The zero-order valence-electron chi connectivity index (χ0n) is 15.6. The summed E-state index contributed by atoms with van der Waals surface area (Å²) in [5.41, 5.74) is 1.22. The molecule has 1 unspecified atom stereocenters. The molecule has 28 heavy (non-hydrogen) atoms. The molecule has 0 aliphatic carbocycles. The summed E-state index contributed by atoms with van der Waals surface area (Å²) in [5, 5.41) is 5.29. The van der Waals surface area contributed by atoms with Gasteiger partial charge in [0.2, 0.25) is 0 Å². The van der Waals surface area contributed by atoms with Gasteiger partial charge in [-0.15, -0.1) is 0 Å². The molecule has 0 saturated carbocycles. The van der Waals surface area contributed by atoms with E-state index in [1.807, 2.05) is 42.5 Å². The first-order valence-electron chi connectivity index (χ1n) is 9.56. The number of hydrogen-bond donors (Lipinski definition) is 1. The molecule has 144 valence electrons. The molecule has 0 spiro atoms. The summed E-state index contributed by atoms with van der Waals surface area (Å²) in [6.07, 6.45) is 1.08. The molecule has 3 aromatic rings. The Bertz CT molecular complexity index is 975. The number of nitrogens with one attached hydrogen (secondary N) is 1. The molecule has 1 aliphatic heterocycles. The predicted octanol–water partition coefficient (Wildman–Crippen LogP) is 4.62. The number of hydrogen-bond acceptors (Lipinski definition) is 3. The van der Waals surface area contributed by atoms with Crippen LogP contribution in [0.5, 0.6) is 5.75 Å². The van der Waals surface area contributed by atoms with Gasteiger partial charge in [0, 0.05) is 29.8 Å². The second-order valence-corrected chi connectivity index (χ2v) is 8.10. The van der Waals surface area contributed by atoms with Crippen molar-refractivity contribution in [3.8, 4) is 5.75 Å². The Morgan fingerprint density at radius 1 is 1.07 bits per heavy atom. The normalized spacial score (nSPS) is 16.3. The van der Waals surface area contributed by atoms with E-state index in [0.717, 1.165) is 40.5 Å². The number of fused-ring (bicyclic) bond motifs is 1. The van der Waals surface area contributed by atoms with E-state index in [1.54, 1.807) is 0 Å². The summed E-state index contributed by atoms with van der Waals surface area (Å²) in [4.78, 5) is 14.5. The fourth-order valence-corrected chi connectivity index (χ4v) is 4.01. The smallest absolute Gasteiger partial charge is 0.257 e. The maximum atomic E-state index is 12.2. The van der Waals surface area contributed by atoms with Crippen molar-refractivity contribution < 1.29 is 9.53 Å². The van der Waals surface area contributed by atoms with Gasteiger partial charge in [0.15, 0.2) is 6.61 Å². The molecule has 1 N–H and O–H groups in total. The molecule has 4 nitrogen and oxygen atoms in total. The van der Waals surface area contributed by atoms with Gasteiger partial charge in [-0.3, -0.25) is 4.79 Å². The van der Waals surface area contributed by atoms with Crippen molar-refractivity contribution in [2.75, 3.05) is 31.1 Å². The number of carbonyl (C=O) groups is 1. The van der Waals surface area contributed by atoms with Crippen LogP contribution in [0.25, 0.3) is 10.8 Å². The van der Waals surface area contributed by atoms with Crippen LogP contribution >= 0.6 is 15.9 Å². The molecule has 0 bridgehead atoms. The predicted molar refractivity (Wildman–Crippen MR) is 117 cm³/mol. The Hall–Kier alpha value is -2.53. The third-order valence-electron chi connectivity index (χ3n) is 5.14. The van der Waals surface area contributed by atoms with Crippen LogP contribution in [0.1, 0.15) is 6.42 Å². The van der Waals surface area contributed by atoms with E-state index < -0.39 is 0 Å². The van der Waals surface area contributed by atoms with Gasteiger partial charge in [-0.1, -0.05) is 52.3 Å². The molecule has 0 aromatic heterocycles. The van der Waals surface area contributed by atoms with Gasteiger partial charge in [-0.25, -0.2) is 0 Å². The highest BCUT2D eigenvalue weighted by Gasteiger charge is 2.23. The molecule has 5 heteroatoms. The van der Waals surface area contributed by atoms with Gasteiger partial charge in [0.05, 0.1) is 0 Å². The number of benzene rings is 3. The molecule has 1 amide bonds. The van der Waals surface area contributed by atoms with E-state index in [1.165, 1.54) is 5.69 Å². The molecule has 1 saturated heterocycles. The Kier molecular flexibility index (Phi) is 5.81. The van der Waals surface area contributed by atoms with Gasteiger partial charge in [0.25, 0.3) is 5.91 Å². The van der Waals surface area contributed by atoms with Crippen LogP contribution in [-0.4, -0.2) is 32.1 Å². The number of carbonyl (C=O) groups excluding carboxylic acids is 1. The van der Waals surface area contributed by atoms with Crippen molar-refractivity contribution in [1.82, 2.24) is 5.32 Å². The Balaban J connectivity index is 1.23. The van der Waals surface area contributed by atoms with Crippen molar-refractivity contribution >= 4 is 38.3 Å². The Morgan fingerprint density at radius 2 is 1.93 bits per heavy atom. The summed E-state index contributed by atoms with van der Waals surface area (Å²) >= 11 is 3.53. The molecule has 1 atom stereocenters. The van der Waals surface area contributed by atoms with E-state index in [0.29, 0.717) is 12.5 Å². The molecule has 1 heterocycles. The average Bonchev–Trinajstić information content (AvgIpc) is 3.20. The third kappa shape index (κ3) is 4.65. The quantitative estimate of drug-likeness (QED) is 0.610. The number of halogens is 1. The summed E-state index contributed by atoms with van der Waals surface area (Å²) in [6, 6.07) is 22.3. The molecular weight excluding hydrogens is 416 g/mol. The SMILES string of the molecule is O=C(COc1ccc2ccccc2c1)NCC1CCN(c2cccc(Br)c2)C1. The number of ether oxygens (including phenoxy) is 1. The lowest BCUT2D eigenvalue weighted by Gasteiger charge is -2.19. The number of amides is 1. The molecule has 1 fully saturated rings. The number of anilines is 1. The van der Waals surface area contributed by atoms with Crippen LogP contribution in [0.2, 0.25) is 0 Å². The van der Waals surface area contributed by atoms with Crippen molar-refractivity contribution in [2.24, 2.45) is 5.92 Å². The minimum atomic E-state index is -0.0749. The summed E-state index contributed by atoms with van der Waals surface area (Å²) < 4.78 is 6.76. The van der Waals surface area contributed by atoms with Gasteiger partial charge < -0.3 is 15.0 Å². The van der Waals surface area contributed by atoms with Gasteiger partial charge in [-0.05, 0) is 53.4 Å². The van der Waals surface area contributed by atoms with Gasteiger partial charge in [-0.2, -0.15) is 0 Å². The first-order chi connectivity index (χ1) is 13.7. The zero-order chi connectivity index (χ0) is 19.3. The van der Waals surface area contributed by atoms with Crippen molar-refractivity contribution in [3.63, 3.8) is 0 Å². The van der Waals surface area contributed by atoms with E-state index in [4.69, 9.17) is 4.74 Å². The third-order valence-corrected chi connectivity index (χ3v) is 5.63. The lowest BCUT2D eigenvalue weighted by atomic mass is 10.1. The highest BCUT2D eigenvalue weighted by molar-refractivity contribution is 9.10. The number of rotatable bonds is 6. The average molecular weight is 439 g/mol. The maximum absolute atomic E-state index is 12.2. The molecule has 1 aliphatic rings. The standard InChI is InChI=1S/C23H23BrN2O2/c24-20-6-3-7-21(13-20)26-11-10-17(15-26)14-25-23(27)16-28-22-9-8-18-4-1-2-5-19(18)12-22/h1-9,12-13,17H,10-11,14-16H2,(H,25,27). The highest BCUT2D eigenvalue weighted by atomic mass is 79.9. The monoisotopic (exact) mass is 438 g/mol. The second kappa shape index (κ2) is 8.65. The molecule has 3 aromatic carbocycles. The summed E-state index contributed by atoms with van der Waals surface area (Å²) in [7, 11) is 0. The molecule has 4 rings (SSSR count). The molecular formula is C23H23BrN2O2. The fraction of sp³-hybridized carbons (Fsp3) is 0.261. The van der Waals surface area contributed by atoms with Crippen molar-refractivity contribution in [3.05, 3.63) is 71.2 Å².